The van der Waals surface area contributed by atoms with Crippen molar-refractivity contribution in [3.05, 3.63) is 40.3 Å². The second-order valence-electron chi connectivity index (χ2n) is 4.64. The van der Waals surface area contributed by atoms with Gasteiger partial charge in [0.1, 0.15) is 11.5 Å². The lowest BCUT2D eigenvalue weighted by atomic mass is 10.1. The molecule has 102 valence electrons. The third-order valence-corrected chi connectivity index (χ3v) is 4.09. The molecule has 0 aliphatic rings. The molecule has 2 unspecified atom stereocenters. The maximum absolute atomic E-state index is 9.80. The van der Waals surface area contributed by atoms with E-state index in [0.29, 0.717) is 5.92 Å². The molecule has 0 spiro atoms. The van der Waals surface area contributed by atoms with Crippen LogP contribution in [0.15, 0.2) is 29.8 Å². The summed E-state index contributed by atoms with van der Waals surface area (Å²) < 4.78 is 0. The van der Waals surface area contributed by atoms with Crippen LogP contribution in [-0.2, 0) is 0 Å². The molecule has 5 heteroatoms. The fourth-order valence-corrected chi connectivity index (χ4v) is 2.63. The molecule has 2 rings (SSSR count). The number of thiazole rings is 1. The summed E-state index contributed by atoms with van der Waals surface area (Å²) in [5.41, 5.74) is 0.782. The standard InChI is InChI=1S/C14H18N2O2S/c1-9(14-15-5-6-19-14)8-16-10(2)12-4-3-11(17)7-13(12)18/h3-7,9-10,16-18H,8H2,1-2H3. The van der Waals surface area contributed by atoms with Crippen LogP contribution >= 0.6 is 11.3 Å². The number of phenols is 2. The predicted molar refractivity (Wildman–Crippen MR) is 76.7 cm³/mol. The third-order valence-electron chi connectivity index (χ3n) is 3.08. The Hall–Kier alpha value is -1.59. The van der Waals surface area contributed by atoms with E-state index >= 15 is 0 Å². The first-order valence-electron chi connectivity index (χ1n) is 6.22. The first-order valence-corrected chi connectivity index (χ1v) is 7.10. The summed E-state index contributed by atoms with van der Waals surface area (Å²) in [4.78, 5) is 4.29. The highest BCUT2D eigenvalue weighted by molar-refractivity contribution is 7.09. The molecular formula is C14H18N2O2S. The van der Waals surface area contributed by atoms with Gasteiger partial charge in [0, 0.05) is 41.7 Å². The van der Waals surface area contributed by atoms with Gasteiger partial charge in [0.15, 0.2) is 0 Å². The molecule has 1 aromatic carbocycles. The lowest BCUT2D eigenvalue weighted by Crippen LogP contribution is -2.23. The summed E-state index contributed by atoms with van der Waals surface area (Å²) in [6.45, 7) is 4.89. The van der Waals surface area contributed by atoms with E-state index in [1.54, 1.807) is 23.5 Å². The topological polar surface area (TPSA) is 65.4 Å². The Balaban J connectivity index is 1.96. The molecule has 0 radical (unpaired) electrons. The van der Waals surface area contributed by atoms with Crippen LogP contribution in [0.25, 0.3) is 0 Å². The van der Waals surface area contributed by atoms with E-state index in [-0.39, 0.29) is 17.5 Å². The molecule has 0 bridgehead atoms. The van der Waals surface area contributed by atoms with E-state index in [1.807, 2.05) is 18.5 Å². The molecule has 1 heterocycles. The van der Waals surface area contributed by atoms with Crippen molar-refractivity contribution < 1.29 is 10.2 Å². The van der Waals surface area contributed by atoms with Crippen molar-refractivity contribution >= 4 is 11.3 Å². The van der Waals surface area contributed by atoms with E-state index < -0.39 is 0 Å². The van der Waals surface area contributed by atoms with Crippen LogP contribution in [0, 0.1) is 0 Å². The van der Waals surface area contributed by atoms with Crippen molar-refractivity contribution in [2.45, 2.75) is 25.8 Å². The number of phenolic OH excluding ortho intramolecular Hbond substituents is 2. The van der Waals surface area contributed by atoms with Gasteiger partial charge in [0.05, 0.1) is 5.01 Å². The molecule has 1 aromatic heterocycles. The van der Waals surface area contributed by atoms with Gasteiger partial charge in [-0.05, 0) is 13.0 Å². The van der Waals surface area contributed by atoms with E-state index in [4.69, 9.17) is 0 Å². The Morgan fingerprint density at radius 3 is 2.74 bits per heavy atom. The molecule has 4 nitrogen and oxygen atoms in total. The van der Waals surface area contributed by atoms with E-state index in [9.17, 15) is 10.2 Å². The molecule has 0 aliphatic carbocycles. The summed E-state index contributed by atoms with van der Waals surface area (Å²) in [5, 5.41) is 25.5. The van der Waals surface area contributed by atoms with Crippen LogP contribution in [0.3, 0.4) is 0 Å². The number of benzene rings is 1. The zero-order chi connectivity index (χ0) is 13.8. The summed E-state index contributed by atoms with van der Waals surface area (Å²) >= 11 is 1.65. The van der Waals surface area contributed by atoms with Gasteiger partial charge < -0.3 is 15.5 Å². The normalized spacial score (nSPS) is 14.2. The second kappa shape index (κ2) is 6.04. The average Bonchev–Trinajstić information content (AvgIpc) is 2.89. The minimum absolute atomic E-state index is 0.0167. The van der Waals surface area contributed by atoms with Gasteiger partial charge in [0.2, 0.25) is 0 Å². The quantitative estimate of drug-likeness (QED) is 0.786. The maximum Gasteiger partial charge on any atom is 0.124 e. The number of rotatable bonds is 5. The van der Waals surface area contributed by atoms with Crippen molar-refractivity contribution in [1.29, 1.82) is 0 Å². The van der Waals surface area contributed by atoms with Gasteiger partial charge in [-0.1, -0.05) is 13.0 Å². The van der Waals surface area contributed by atoms with Crippen molar-refractivity contribution in [2.24, 2.45) is 0 Å². The first-order chi connectivity index (χ1) is 9.08. The first kappa shape index (κ1) is 13.8. The lowest BCUT2D eigenvalue weighted by Gasteiger charge is -2.18. The zero-order valence-corrected chi connectivity index (χ0v) is 11.8. The van der Waals surface area contributed by atoms with Crippen molar-refractivity contribution in [3.8, 4) is 11.5 Å². The molecule has 0 saturated heterocycles. The number of aromatic hydroxyl groups is 2. The van der Waals surface area contributed by atoms with Crippen LogP contribution in [0.4, 0.5) is 0 Å². The molecule has 0 amide bonds. The molecule has 0 saturated carbocycles. The fourth-order valence-electron chi connectivity index (χ4n) is 1.93. The van der Waals surface area contributed by atoms with Gasteiger partial charge >= 0.3 is 0 Å². The molecule has 3 N–H and O–H groups in total. The Labute approximate surface area is 116 Å². The number of hydrogen-bond acceptors (Lipinski definition) is 5. The van der Waals surface area contributed by atoms with Crippen molar-refractivity contribution in [1.82, 2.24) is 10.3 Å². The smallest absolute Gasteiger partial charge is 0.124 e. The summed E-state index contributed by atoms with van der Waals surface area (Å²) in [6.07, 6.45) is 1.81. The Bertz CT molecular complexity index is 528. The van der Waals surface area contributed by atoms with Crippen LogP contribution in [0.1, 0.15) is 36.4 Å². The number of nitrogens with one attached hydrogen (secondary N) is 1. The lowest BCUT2D eigenvalue weighted by molar-refractivity contribution is 0.434. The van der Waals surface area contributed by atoms with Gasteiger partial charge in [0.25, 0.3) is 0 Å². The van der Waals surface area contributed by atoms with Gasteiger partial charge in [-0.15, -0.1) is 11.3 Å². The monoisotopic (exact) mass is 278 g/mol. The van der Waals surface area contributed by atoms with Crippen LogP contribution in [-0.4, -0.2) is 21.7 Å². The van der Waals surface area contributed by atoms with Gasteiger partial charge in [-0.3, -0.25) is 0 Å². The largest absolute Gasteiger partial charge is 0.508 e. The highest BCUT2D eigenvalue weighted by Gasteiger charge is 2.13. The van der Waals surface area contributed by atoms with Crippen molar-refractivity contribution in [2.75, 3.05) is 6.54 Å². The van der Waals surface area contributed by atoms with Gasteiger partial charge in [-0.2, -0.15) is 0 Å². The molecule has 0 aliphatic heterocycles. The third kappa shape index (κ3) is 3.45. The number of nitrogens with zero attached hydrogens (tertiary/aromatic N) is 1. The second-order valence-corrected chi connectivity index (χ2v) is 5.57. The molecule has 0 fully saturated rings. The summed E-state index contributed by atoms with van der Waals surface area (Å²) in [6, 6.07) is 4.69. The molecular weight excluding hydrogens is 260 g/mol. The molecule has 2 aromatic rings. The minimum Gasteiger partial charge on any atom is -0.508 e. The predicted octanol–water partition coefficient (Wildman–Crippen LogP) is 3.01. The van der Waals surface area contributed by atoms with Crippen LogP contribution in [0.2, 0.25) is 0 Å². The van der Waals surface area contributed by atoms with Crippen molar-refractivity contribution in [3.63, 3.8) is 0 Å². The van der Waals surface area contributed by atoms with Crippen LogP contribution < -0.4 is 5.32 Å². The van der Waals surface area contributed by atoms with E-state index in [2.05, 4.69) is 17.2 Å². The molecule has 19 heavy (non-hydrogen) atoms. The highest BCUT2D eigenvalue weighted by atomic mass is 32.1. The fraction of sp³-hybridized carbons (Fsp3) is 0.357. The summed E-state index contributed by atoms with van der Waals surface area (Å²) in [5.74, 6) is 0.521. The summed E-state index contributed by atoms with van der Waals surface area (Å²) in [7, 11) is 0. The number of aromatic nitrogens is 1. The molecule has 2 atom stereocenters. The van der Waals surface area contributed by atoms with Crippen LogP contribution in [0.5, 0.6) is 11.5 Å². The van der Waals surface area contributed by atoms with Gasteiger partial charge in [-0.25, -0.2) is 4.98 Å². The Morgan fingerprint density at radius 2 is 2.11 bits per heavy atom. The van der Waals surface area contributed by atoms with E-state index in [1.165, 1.54) is 6.07 Å². The Kier molecular flexibility index (Phi) is 4.39. The van der Waals surface area contributed by atoms with E-state index in [0.717, 1.165) is 17.1 Å². The average molecular weight is 278 g/mol. The SMILES string of the molecule is CC(CNC(C)c1ccc(O)cc1O)c1nccs1. The minimum atomic E-state index is 0.0167. The Morgan fingerprint density at radius 1 is 1.32 bits per heavy atom. The maximum atomic E-state index is 9.80. The number of hydrogen-bond donors (Lipinski definition) is 3. The zero-order valence-electron chi connectivity index (χ0n) is 11.0. The highest BCUT2D eigenvalue weighted by Crippen LogP contribution is 2.28.